The first kappa shape index (κ1) is 25.9. The second-order valence-corrected chi connectivity index (χ2v) is 8.54. The Bertz CT molecular complexity index is 942. The van der Waals surface area contributed by atoms with Crippen LogP contribution < -0.4 is 4.74 Å². The molecule has 2 heterocycles. The zero-order chi connectivity index (χ0) is 25.1. The van der Waals surface area contributed by atoms with Gasteiger partial charge in [-0.2, -0.15) is 0 Å². The van der Waals surface area contributed by atoms with Crippen molar-refractivity contribution in [3.8, 4) is 11.5 Å². The number of para-hydroxylation sites is 1. The van der Waals surface area contributed by atoms with Crippen molar-refractivity contribution in [2.24, 2.45) is 0 Å². The maximum absolute atomic E-state index is 11.1. The average Bonchev–Trinajstić information content (AvgIpc) is 2.87. The van der Waals surface area contributed by atoms with E-state index in [4.69, 9.17) is 18.9 Å². The van der Waals surface area contributed by atoms with Gasteiger partial charge in [0.2, 0.25) is 0 Å². The molecule has 0 aromatic heterocycles. The SMILES string of the molecule is OC[C@H]1O[C@H](c2cccc(Oc3ccccc3)c2)[C@H](O)[C@@H](O[C@H]2O[C@H](CO)[C@@H](O)[C@H](O)[C@@H]2O)[C@H]1O. The topological polar surface area (TPSA) is 179 Å². The van der Waals surface area contributed by atoms with Crippen LogP contribution >= 0.6 is 0 Å². The fourth-order valence-electron chi connectivity index (χ4n) is 4.24. The highest BCUT2D eigenvalue weighted by molar-refractivity contribution is 5.35. The van der Waals surface area contributed by atoms with E-state index < -0.39 is 74.4 Å². The molecule has 0 amide bonds. The van der Waals surface area contributed by atoms with E-state index in [9.17, 15) is 35.7 Å². The van der Waals surface area contributed by atoms with Gasteiger partial charge >= 0.3 is 0 Å². The minimum absolute atomic E-state index is 0.461. The average molecular weight is 494 g/mol. The summed E-state index contributed by atoms with van der Waals surface area (Å²) in [7, 11) is 0. The molecule has 0 radical (unpaired) electrons. The van der Waals surface area contributed by atoms with Gasteiger partial charge in [-0.15, -0.1) is 0 Å². The number of hydrogen-bond acceptors (Lipinski definition) is 11. The molecule has 0 spiro atoms. The molecule has 2 fully saturated rings. The van der Waals surface area contributed by atoms with Crippen molar-refractivity contribution in [2.45, 2.75) is 61.2 Å². The van der Waals surface area contributed by atoms with Crippen LogP contribution in [0.15, 0.2) is 54.6 Å². The molecular formula is C24H30O11. The summed E-state index contributed by atoms with van der Waals surface area (Å²) in [5.74, 6) is 1.06. The molecular weight excluding hydrogens is 464 g/mol. The van der Waals surface area contributed by atoms with Gasteiger partial charge in [0.15, 0.2) is 6.29 Å². The quantitative estimate of drug-likeness (QED) is 0.246. The van der Waals surface area contributed by atoms with Crippen LogP contribution in [0.5, 0.6) is 11.5 Å². The van der Waals surface area contributed by atoms with Crippen molar-refractivity contribution in [2.75, 3.05) is 13.2 Å². The van der Waals surface area contributed by atoms with Gasteiger partial charge in [-0.05, 0) is 29.8 Å². The highest BCUT2D eigenvalue weighted by Crippen LogP contribution is 2.37. The molecule has 0 unspecified atom stereocenters. The smallest absolute Gasteiger partial charge is 0.187 e. The van der Waals surface area contributed by atoms with E-state index in [0.29, 0.717) is 17.1 Å². The van der Waals surface area contributed by atoms with E-state index >= 15 is 0 Å². The Morgan fingerprint density at radius 1 is 0.657 bits per heavy atom. The molecule has 11 nitrogen and oxygen atoms in total. The summed E-state index contributed by atoms with van der Waals surface area (Å²) in [6.45, 7) is -1.26. The molecule has 0 aliphatic carbocycles. The third kappa shape index (κ3) is 5.49. The van der Waals surface area contributed by atoms with Crippen molar-refractivity contribution in [1.29, 1.82) is 0 Å². The third-order valence-corrected chi connectivity index (χ3v) is 6.17. The van der Waals surface area contributed by atoms with E-state index in [1.54, 1.807) is 36.4 Å². The molecule has 192 valence electrons. The summed E-state index contributed by atoms with van der Waals surface area (Å²) in [6.07, 6.45) is -14.5. The first-order chi connectivity index (χ1) is 16.8. The number of ether oxygens (including phenoxy) is 4. The third-order valence-electron chi connectivity index (χ3n) is 6.17. The normalized spacial score (nSPS) is 37.7. The molecule has 2 saturated heterocycles. The zero-order valence-electron chi connectivity index (χ0n) is 18.6. The van der Waals surface area contributed by atoms with E-state index in [2.05, 4.69) is 0 Å². The maximum Gasteiger partial charge on any atom is 0.187 e. The molecule has 7 N–H and O–H groups in total. The summed E-state index contributed by atoms with van der Waals surface area (Å²) in [5.41, 5.74) is 0.471. The van der Waals surface area contributed by atoms with Crippen LogP contribution in [0.2, 0.25) is 0 Å². The number of aliphatic hydroxyl groups excluding tert-OH is 7. The van der Waals surface area contributed by atoms with Crippen LogP contribution in [-0.4, -0.2) is 104 Å². The van der Waals surface area contributed by atoms with Gasteiger partial charge in [0.1, 0.15) is 66.4 Å². The number of benzene rings is 2. The fourth-order valence-corrected chi connectivity index (χ4v) is 4.24. The van der Waals surface area contributed by atoms with Crippen LogP contribution in [0.25, 0.3) is 0 Å². The van der Waals surface area contributed by atoms with Gasteiger partial charge < -0.3 is 54.7 Å². The van der Waals surface area contributed by atoms with E-state index in [1.165, 1.54) is 0 Å². The van der Waals surface area contributed by atoms with Gasteiger partial charge in [0.25, 0.3) is 0 Å². The van der Waals surface area contributed by atoms with Crippen molar-refractivity contribution < 1.29 is 54.7 Å². The monoisotopic (exact) mass is 494 g/mol. The van der Waals surface area contributed by atoms with Crippen molar-refractivity contribution in [3.63, 3.8) is 0 Å². The predicted molar refractivity (Wildman–Crippen MR) is 118 cm³/mol. The van der Waals surface area contributed by atoms with Crippen LogP contribution in [0, 0.1) is 0 Å². The Kier molecular flexibility index (Phi) is 8.34. The fraction of sp³-hybridized carbons (Fsp3) is 0.500. The first-order valence-corrected chi connectivity index (χ1v) is 11.2. The number of aliphatic hydroxyl groups is 7. The molecule has 2 aromatic rings. The Morgan fingerprint density at radius 3 is 2.00 bits per heavy atom. The lowest BCUT2D eigenvalue weighted by molar-refractivity contribution is -0.342. The molecule has 35 heavy (non-hydrogen) atoms. The number of hydrogen-bond donors (Lipinski definition) is 7. The molecule has 0 bridgehead atoms. The van der Waals surface area contributed by atoms with Crippen molar-refractivity contribution >= 4 is 0 Å². The Balaban J connectivity index is 1.55. The molecule has 2 aromatic carbocycles. The summed E-state index contributed by atoms with van der Waals surface area (Å²) in [4.78, 5) is 0. The lowest BCUT2D eigenvalue weighted by Gasteiger charge is -2.46. The van der Waals surface area contributed by atoms with Gasteiger partial charge in [-0.3, -0.25) is 0 Å². The summed E-state index contributed by atoms with van der Waals surface area (Å²) in [6, 6.07) is 15.8. The van der Waals surface area contributed by atoms with Gasteiger partial charge in [-0.1, -0.05) is 30.3 Å². The summed E-state index contributed by atoms with van der Waals surface area (Å²) < 4.78 is 22.6. The van der Waals surface area contributed by atoms with Gasteiger partial charge in [0.05, 0.1) is 13.2 Å². The Morgan fingerprint density at radius 2 is 1.31 bits per heavy atom. The standard InChI is InChI=1S/C24H30O11/c25-10-15-17(27)19(29)20(30)24(34-15)35-23-18(28)16(11-26)33-22(21(23)31)12-5-4-8-14(9-12)32-13-6-2-1-3-7-13/h1-9,15-31H,10-11H2/t15-,16-,17-,18+,19+,20+,21+,22-,23+,24-/m1/s1. The second-order valence-electron chi connectivity index (χ2n) is 8.54. The van der Waals surface area contributed by atoms with Crippen LogP contribution in [0.3, 0.4) is 0 Å². The molecule has 2 aliphatic heterocycles. The van der Waals surface area contributed by atoms with Crippen LogP contribution in [0.1, 0.15) is 11.7 Å². The molecule has 0 saturated carbocycles. The minimum atomic E-state index is -1.73. The van der Waals surface area contributed by atoms with Gasteiger partial charge in [-0.25, -0.2) is 0 Å². The Hall–Kier alpha value is -2.16. The minimum Gasteiger partial charge on any atom is -0.457 e. The lowest BCUT2D eigenvalue weighted by atomic mass is 9.90. The summed E-state index contributed by atoms with van der Waals surface area (Å²) >= 11 is 0. The van der Waals surface area contributed by atoms with Crippen LogP contribution in [0.4, 0.5) is 0 Å². The predicted octanol–water partition coefficient (Wildman–Crippen LogP) is -1.18. The van der Waals surface area contributed by atoms with Crippen molar-refractivity contribution in [3.05, 3.63) is 60.2 Å². The van der Waals surface area contributed by atoms with Gasteiger partial charge in [0, 0.05) is 0 Å². The number of rotatable bonds is 7. The zero-order valence-corrected chi connectivity index (χ0v) is 18.6. The highest BCUT2D eigenvalue weighted by atomic mass is 16.7. The molecule has 4 rings (SSSR count). The molecule has 2 aliphatic rings. The van der Waals surface area contributed by atoms with E-state index in [-0.39, 0.29) is 0 Å². The first-order valence-electron chi connectivity index (χ1n) is 11.2. The van der Waals surface area contributed by atoms with Crippen LogP contribution in [-0.2, 0) is 14.2 Å². The van der Waals surface area contributed by atoms with Crippen molar-refractivity contribution in [1.82, 2.24) is 0 Å². The Labute approximate surface area is 201 Å². The highest BCUT2D eigenvalue weighted by Gasteiger charge is 2.50. The largest absolute Gasteiger partial charge is 0.457 e. The maximum atomic E-state index is 11.1. The second kappa shape index (κ2) is 11.3. The molecule has 11 heteroatoms. The lowest BCUT2D eigenvalue weighted by Crippen LogP contribution is -2.63. The molecule has 10 atom stereocenters. The summed E-state index contributed by atoms with van der Waals surface area (Å²) in [5, 5.41) is 71.2. The van der Waals surface area contributed by atoms with E-state index in [1.807, 2.05) is 18.2 Å². The van der Waals surface area contributed by atoms with E-state index in [0.717, 1.165) is 0 Å².